The smallest absolute Gasteiger partial charge is 0.271 e. The van der Waals surface area contributed by atoms with E-state index in [2.05, 4.69) is 15.3 Å². The van der Waals surface area contributed by atoms with Gasteiger partial charge in [-0.25, -0.2) is 4.98 Å². The summed E-state index contributed by atoms with van der Waals surface area (Å²) in [5, 5.41) is 14.4. The molecule has 1 aromatic carbocycles. The molecule has 1 saturated heterocycles. The quantitative estimate of drug-likeness (QED) is 0.659. The first-order valence-electron chi connectivity index (χ1n) is 6.87. The van der Waals surface area contributed by atoms with Crippen molar-refractivity contribution in [3.05, 3.63) is 28.3 Å². The maximum atomic E-state index is 12.4. The van der Waals surface area contributed by atoms with E-state index in [4.69, 9.17) is 0 Å². The number of fused-ring (bicyclic) bond motifs is 1. The number of non-ortho nitro benzene ring substituents is 1. The first kappa shape index (κ1) is 14.2. The van der Waals surface area contributed by atoms with Crippen molar-refractivity contribution in [1.29, 1.82) is 0 Å². The van der Waals surface area contributed by atoms with Crippen LogP contribution in [0.1, 0.15) is 12.8 Å². The first-order chi connectivity index (χ1) is 10.1. The van der Waals surface area contributed by atoms with Crippen LogP contribution in [0.3, 0.4) is 0 Å². The Bertz CT molecular complexity index is 694. The predicted molar refractivity (Wildman–Crippen MR) is 79.6 cm³/mol. The first-order valence-corrected chi connectivity index (χ1v) is 8.18. The van der Waals surface area contributed by atoms with Crippen LogP contribution in [-0.4, -0.2) is 37.9 Å². The molecular weight excluding hydrogens is 292 g/mol. The van der Waals surface area contributed by atoms with Gasteiger partial charge in [-0.15, -0.1) is 0 Å². The van der Waals surface area contributed by atoms with Crippen LogP contribution in [0.2, 0.25) is 0 Å². The fourth-order valence-electron chi connectivity index (χ4n) is 2.55. The van der Waals surface area contributed by atoms with Crippen molar-refractivity contribution in [3.63, 3.8) is 0 Å². The van der Waals surface area contributed by atoms with Gasteiger partial charge in [0.15, 0.2) is 5.16 Å². The molecule has 3 rings (SSSR count). The highest BCUT2D eigenvalue weighted by Crippen LogP contribution is 2.21. The summed E-state index contributed by atoms with van der Waals surface area (Å²) in [5.74, 6) is 0.955. The zero-order chi connectivity index (χ0) is 14.8. The van der Waals surface area contributed by atoms with E-state index >= 15 is 0 Å². The minimum Gasteiger partial charge on any atom is -0.331 e. The Morgan fingerprint density at radius 2 is 2.33 bits per heavy atom. The van der Waals surface area contributed by atoms with Gasteiger partial charge >= 0.3 is 0 Å². The van der Waals surface area contributed by atoms with Gasteiger partial charge in [-0.3, -0.25) is 14.3 Å². The van der Waals surface area contributed by atoms with Crippen molar-refractivity contribution in [3.8, 4) is 0 Å². The molecule has 0 bridgehead atoms. The molecule has 0 radical (unpaired) electrons. The van der Waals surface area contributed by atoms with Crippen molar-refractivity contribution in [2.45, 2.75) is 18.0 Å². The van der Waals surface area contributed by atoms with Gasteiger partial charge in [-0.05, 0) is 37.9 Å². The van der Waals surface area contributed by atoms with Crippen molar-refractivity contribution in [1.82, 2.24) is 15.3 Å². The number of hydrogen-bond acceptors (Lipinski definition) is 5. The Morgan fingerprint density at radius 3 is 3.05 bits per heavy atom. The Kier molecular flexibility index (Phi) is 3.98. The normalized spacial score (nSPS) is 20.5. The monoisotopic (exact) mass is 308 g/mol. The van der Waals surface area contributed by atoms with Crippen LogP contribution in [0.4, 0.5) is 5.69 Å². The lowest BCUT2D eigenvalue weighted by Gasteiger charge is -2.21. The summed E-state index contributed by atoms with van der Waals surface area (Å²) in [6.07, 6.45) is 2.18. The maximum absolute atomic E-state index is 12.4. The Labute approximate surface area is 123 Å². The molecule has 1 aliphatic heterocycles. The number of benzene rings is 1. The molecule has 1 aliphatic rings. The van der Waals surface area contributed by atoms with E-state index in [-0.39, 0.29) is 5.69 Å². The van der Waals surface area contributed by atoms with Crippen molar-refractivity contribution >= 4 is 27.5 Å². The highest BCUT2D eigenvalue weighted by molar-refractivity contribution is 7.84. The Morgan fingerprint density at radius 1 is 1.48 bits per heavy atom. The molecule has 0 saturated carbocycles. The van der Waals surface area contributed by atoms with E-state index in [9.17, 15) is 14.3 Å². The summed E-state index contributed by atoms with van der Waals surface area (Å²) >= 11 is 0. The van der Waals surface area contributed by atoms with Gasteiger partial charge in [0.25, 0.3) is 5.69 Å². The van der Waals surface area contributed by atoms with Gasteiger partial charge in [0.05, 0.1) is 26.8 Å². The number of H-pyrrole nitrogens is 1. The lowest BCUT2D eigenvalue weighted by atomic mass is 10.0. The molecule has 7 nitrogen and oxygen atoms in total. The lowest BCUT2D eigenvalue weighted by Crippen LogP contribution is -2.32. The second-order valence-corrected chi connectivity index (χ2v) is 6.64. The summed E-state index contributed by atoms with van der Waals surface area (Å²) in [5.41, 5.74) is 1.15. The molecule has 1 aromatic heterocycles. The topological polar surface area (TPSA) is 101 Å². The largest absolute Gasteiger partial charge is 0.331 e. The number of nitro benzene ring substituents is 1. The van der Waals surface area contributed by atoms with Crippen LogP contribution >= 0.6 is 0 Å². The highest BCUT2D eigenvalue weighted by Gasteiger charge is 2.19. The van der Waals surface area contributed by atoms with Gasteiger partial charge in [0, 0.05) is 17.9 Å². The zero-order valence-electron chi connectivity index (χ0n) is 11.4. The molecule has 2 heterocycles. The summed E-state index contributed by atoms with van der Waals surface area (Å²) in [7, 11) is -1.21. The Hall–Kier alpha value is -1.80. The number of nitrogens with zero attached hydrogens (tertiary/aromatic N) is 2. The summed E-state index contributed by atoms with van der Waals surface area (Å²) < 4.78 is 12.4. The number of imidazole rings is 1. The molecule has 21 heavy (non-hydrogen) atoms. The standard InChI is InChI=1S/C13H16N4O3S/c18-17(19)10-3-4-11-12(6-10)16-13(15-11)21(20)8-9-2-1-5-14-7-9/h3-4,6,9,14H,1-2,5,7-8H2,(H,15,16)/t9-,21-/m0/s1. The average molecular weight is 308 g/mol. The molecule has 8 heteroatoms. The van der Waals surface area contributed by atoms with Gasteiger partial charge in [0.2, 0.25) is 0 Å². The van der Waals surface area contributed by atoms with Gasteiger partial charge in [-0.1, -0.05) is 0 Å². The molecule has 2 N–H and O–H groups in total. The number of hydrogen-bond donors (Lipinski definition) is 2. The molecule has 0 aliphatic carbocycles. The second-order valence-electron chi connectivity index (χ2n) is 5.23. The third-order valence-corrected chi connectivity index (χ3v) is 5.06. The Balaban J connectivity index is 1.79. The highest BCUT2D eigenvalue weighted by atomic mass is 32.2. The third-order valence-electron chi connectivity index (χ3n) is 3.66. The van der Waals surface area contributed by atoms with Crippen LogP contribution < -0.4 is 5.32 Å². The molecule has 1 fully saturated rings. The SMILES string of the molecule is O=[N+]([O-])c1ccc2nc([S@@](=O)C[C@H]3CCCNC3)[nH]c2c1. The molecule has 0 spiro atoms. The van der Waals surface area contributed by atoms with E-state index in [1.165, 1.54) is 12.1 Å². The van der Waals surface area contributed by atoms with Crippen LogP contribution in [0.25, 0.3) is 11.0 Å². The van der Waals surface area contributed by atoms with Crippen molar-refractivity contribution in [2.75, 3.05) is 18.8 Å². The number of aromatic amines is 1. The number of aromatic nitrogens is 2. The van der Waals surface area contributed by atoms with Crippen molar-refractivity contribution < 1.29 is 9.13 Å². The van der Waals surface area contributed by atoms with E-state index in [0.29, 0.717) is 27.9 Å². The van der Waals surface area contributed by atoms with Gasteiger partial charge in [-0.2, -0.15) is 0 Å². The van der Waals surface area contributed by atoms with E-state index < -0.39 is 15.7 Å². The maximum Gasteiger partial charge on any atom is 0.271 e. The minimum absolute atomic E-state index is 0.0000344. The van der Waals surface area contributed by atoms with E-state index in [1.54, 1.807) is 6.07 Å². The van der Waals surface area contributed by atoms with Crippen LogP contribution in [0.5, 0.6) is 0 Å². The lowest BCUT2D eigenvalue weighted by molar-refractivity contribution is -0.384. The fraction of sp³-hybridized carbons (Fsp3) is 0.462. The molecule has 112 valence electrons. The third kappa shape index (κ3) is 3.11. The number of nitrogens with one attached hydrogen (secondary N) is 2. The number of nitro groups is 1. The van der Waals surface area contributed by atoms with Crippen molar-refractivity contribution in [2.24, 2.45) is 5.92 Å². The molecule has 0 amide bonds. The average Bonchev–Trinajstić information content (AvgIpc) is 2.91. The summed E-state index contributed by atoms with van der Waals surface area (Å²) in [6.45, 7) is 1.91. The predicted octanol–water partition coefficient (Wildman–Crippen LogP) is 1.58. The second kappa shape index (κ2) is 5.90. The number of piperidine rings is 1. The zero-order valence-corrected chi connectivity index (χ0v) is 12.2. The number of rotatable bonds is 4. The van der Waals surface area contributed by atoms with Crippen LogP contribution in [0.15, 0.2) is 23.4 Å². The molecule has 2 atom stereocenters. The molecule has 2 aromatic rings. The fourth-order valence-corrected chi connectivity index (χ4v) is 3.85. The molecule has 0 unspecified atom stereocenters. The van der Waals surface area contributed by atoms with E-state index in [1.807, 2.05) is 0 Å². The van der Waals surface area contributed by atoms with Crippen LogP contribution in [0, 0.1) is 16.0 Å². The summed E-state index contributed by atoms with van der Waals surface area (Å²) in [6, 6.07) is 4.40. The minimum atomic E-state index is -1.21. The molecular formula is C13H16N4O3S. The van der Waals surface area contributed by atoms with E-state index in [0.717, 1.165) is 25.9 Å². The summed E-state index contributed by atoms with van der Waals surface area (Å²) in [4.78, 5) is 17.5. The van der Waals surface area contributed by atoms with Gasteiger partial charge in [0.1, 0.15) is 0 Å². The van der Waals surface area contributed by atoms with Crippen LogP contribution in [-0.2, 0) is 10.8 Å². The van der Waals surface area contributed by atoms with Gasteiger partial charge < -0.3 is 10.3 Å².